The van der Waals surface area contributed by atoms with Gasteiger partial charge in [0.15, 0.2) is 0 Å². The first-order valence-corrected chi connectivity index (χ1v) is 9.00. The summed E-state index contributed by atoms with van der Waals surface area (Å²) < 4.78 is 0. The van der Waals surface area contributed by atoms with E-state index in [4.69, 9.17) is 0 Å². The van der Waals surface area contributed by atoms with Gasteiger partial charge in [0.1, 0.15) is 0 Å². The van der Waals surface area contributed by atoms with E-state index >= 15 is 0 Å². The van der Waals surface area contributed by atoms with E-state index < -0.39 is 21.5 Å². The summed E-state index contributed by atoms with van der Waals surface area (Å²) in [5.74, 6) is 0. The number of carboxylic acid groups (broad SMARTS) is 1. The number of rotatable bonds is 6. The van der Waals surface area contributed by atoms with Crippen LogP contribution >= 0.6 is 0 Å². The lowest BCUT2D eigenvalue weighted by molar-refractivity contribution is -0.385. The van der Waals surface area contributed by atoms with Crippen LogP contribution in [0.25, 0.3) is 0 Å². The van der Waals surface area contributed by atoms with Crippen LogP contribution in [-0.2, 0) is 12.8 Å². The number of piperazine rings is 1. The molecule has 29 heavy (non-hydrogen) atoms. The summed E-state index contributed by atoms with van der Waals surface area (Å²) >= 11 is 0. The predicted octanol–water partition coefficient (Wildman–Crippen LogP) is 2.61. The number of nitrogens with one attached hydrogen (secondary N) is 1. The molecule has 0 aliphatic carbocycles. The second-order valence-electron chi connectivity index (χ2n) is 6.96. The molecule has 1 saturated heterocycles. The van der Waals surface area contributed by atoms with Gasteiger partial charge in [0.2, 0.25) is 0 Å². The lowest BCUT2D eigenvalue weighted by atomic mass is 9.81. The van der Waals surface area contributed by atoms with Crippen molar-refractivity contribution in [3.8, 4) is 0 Å². The van der Waals surface area contributed by atoms with Gasteiger partial charge in [-0.05, 0) is 0 Å². The van der Waals surface area contributed by atoms with E-state index in [1.54, 1.807) is 36.4 Å². The number of nitro benzene ring substituents is 2. The molecule has 0 spiro atoms. The summed E-state index contributed by atoms with van der Waals surface area (Å²) in [5, 5.41) is 35.9. The van der Waals surface area contributed by atoms with Crippen LogP contribution in [0.15, 0.2) is 48.5 Å². The molecule has 3 rings (SSSR count). The molecule has 1 fully saturated rings. The van der Waals surface area contributed by atoms with Crippen molar-refractivity contribution in [2.75, 3.05) is 19.6 Å². The van der Waals surface area contributed by atoms with Crippen molar-refractivity contribution in [3.05, 3.63) is 79.9 Å². The number of carbonyl (C=O) groups is 1. The first-order chi connectivity index (χ1) is 13.8. The van der Waals surface area contributed by atoms with E-state index in [2.05, 4.69) is 5.32 Å². The average Bonchev–Trinajstić information content (AvgIpc) is 2.68. The molecule has 2 aromatic rings. The first kappa shape index (κ1) is 20.2. The number of hydrogen-bond donors (Lipinski definition) is 2. The molecule has 1 aliphatic rings. The van der Waals surface area contributed by atoms with Crippen LogP contribution < -0.4 is 5.32 Å². The lowest BCUT2D eigenvalue weighted by Crippen LogP contribution is -2.65. The molecule has 1 aliphatic heterocycles. The monoisotopic (exact) mass is 400 g/mol. The van der Waals surface area contributed by atoms with E-state index in [9.17, 15) is 30.1 Å². The molecule has 10 nitrogen and oxygen atoms in total. The lowest BCUT2D eigenvalue weighted by Gasteiger charge is -2.46. The van der Waals surface area contributed by atoms with Crippen LogP contribution in [0, 0.1) is 20.2 Å². The Labute approximate surface area is 166 Å². The Balaban J connectivity index is 2.10. The zero-order chi connectivity index (χ0) is 21.0. The molecule has 0 atom stereocenters. The zero-order valence-electron chi connectivity index (χ0n) is 15.5. The Morgan fingerprint density at radius 3 is 1.93 bits per heavy atom. The quantitative estimate of drug-likeness (QED) is 0.561. The Morgan fingerprint density at radius 2 is 1.48 bits per heavy atom. The maximum absolute atomic E-state index is 12.0. The highest BCUT2D eigenvalue weighted by atomic mass is 16.6. The van der Waals surface area contributed by atoms with Crippen LogP contribution in [0.2, 0.25) is 0 Å². The summed E-state index contributed by atoms with van der Waals surface area (Å²) in [6, 6.07) is 12.3. The second kappa shape index (κ2) is 8.23. The standard InChI is InChI=1S/C19H20N4O6/c24-18(25)21-10-9-20-13-19(21,11-14-5-1-3-7-16(14)22(26)27)12-15-6-2-4-8-17(15)23(28)29/h1-8,20H,9-13H2,(H,24,25). The topological polar surface area (TPSA) is 139 Å². The van der Waals surface area contributed by atoms with Crippen molar-refractivity contribution in [2.24, 2.45) is 0 Å². The van der Waals surface area contributed by atoms with Gasteiger partial charge in [-0.2, -0.15) is 0 Å². The van der Waals surface area contributed by atoms with Gasteiger partial charge < -0.3 is 10.4 Å². The van der Waals surface area contributed by atoms with Gasteiger partial charge in [-0.3, -0.25) is 25.1 Å². The Kier molecular flexibility index (Phi) is 5.74. The normalized spacial score (nSPS) is 15.7. The summed E-state index contributed by atoms with van der Waals surface area (Å²) in [6.45, 7) is 0.829. The van der Waals surface area contributed by atoms with Crippen LogP contribution in [0.1, 0.15) is 11.1 Å². The minimum Gasteiger partial charge on any atom is -0.465 e. The number of nitrogens with zero attached hydrogens (tertiary/aromatic N) is 3. The first-order valence-electron chi connectivity index (χ1n) is 9.00. The fourth-order valence-corrected chi connectivity index (χ4v) is 3.91. The van der Waals surface area contributed by atoms with Gasteiger partial charge in [-0.15, -0.1) is 0 Å². The number of benzene rings is 2. The Bertz CT molecular complexity index is 888. The van der Waals surface area contributed by atoms with Crippen molar-refractivity contribution in [1.82, 2.24) is 10.2 Å². The van der Waals surface area contributed by atoms with Gasteiger partial charge in [0.25, 0.3) is 11.4 Å². The van der Waals surface area contributed by atoms with E-state index in [0.29, 0.717) is 17.7 Å². The Hall–Kier alpha value is -3.53. The predicted molar refractivity (Wildman–Crippen MR) is 104 cm³/mol. The third-order valence-corrected chi connectivity index (χ3v) is 5.19. The molecule has 10 heteroatoms. The molecular formula is C19H20N4O6. The van der Waals surface area contributed by atoms with Gasteiger partial charge in [-0.25, -0.2) is 4.79 Å². The molecule has 0 aromatic heterocycles. The van der Waals surface area contributed by atoms with E-state index in [-0.39, 0.29) is 37.3 Å². The highest BCUT2D eigenvalue weighted by molar-refractivity contribution is 5.67. The van der Waals surface area contributed by atoms with E-state index in [1.807, 2.05) is 0 Å². The third kappa shape index (κ3) is 4.16. The Morgan fingerprint density at radius 1 is 1.00 bits per heavy atom. The molecule has 2 N–H and O–H groups in total. The molecule has 0 radical (unpaired) electrons. The maximum atomic E-state index is 12.0. The molecule has 0 saturated carbocycles. The summed E-state index contributed by atoms with van der Waals surface area (Å²) in [7, 11) is 0. The molecule has 2 aromatic carbocycles. The van der Waals surface area contributed by atoms with E-state index in [1.165, 1.54) is 17.0 Å². The highest BCUT2D eigenvalue weighted by Crippen LogP contribution is 2.33. The van der Waals surface area contributed by atoms with Crippen LogP contribution in [-0.4, -0.2) is 51.1 Å². The maximum Gasteiger partial charge on any atom is 0.407 e. The van der Waals surface area contributed by atoms with Crippen LogP contribution in [0.4, 0.5) is 16.2 Å². The van der Waals surface area contributed by atoms with Crippen molar-refractivity contribution < 1.29 is 19.7 Å². The van der Waals surface area contributed by atoms with Gasteiger partial charge >= 0.3 is 6.09 Å². The zero-order valence-corrected chi connectivity index (χ0v) is 15.5. The minimum absolute atomic E-state index is 0.0511. The van der Waals surface area contributed by atoms with E-state index in [0.717, 1.165) is 0 Å². The molecule has 152 valence electrons. The highest BCUT2D eigenvalue weighted by Gasteiger charge is 2.44. The number of para-hydroxylation sites is 2. The third-order valence-electron chi connectivity index (χ3n) is 5.19. The number of amides is 1. The molecule has 1 heterocycles. The SMILES string of the molecule is O=C(O)N1CCNCC1(Cc1ccccc1[N+](=O)[O-])Cc1ccccc1[N+](=O)[O-]. The fraction of sp³-hybridized carbons (Fsp3) is 0.316. The van der Waals surface area contributed by atoms with Gasteiger partial charge in [0.05, 0.1) is 15.4 Å². The fourth-order valence-electron chi connectivity index (χ4n) is 3.91. The molecule has 1 amide bonds. The van der Waals surface area contributed by atoms with Gasteiger partial charge in [0, 0.05) is 55.7 Å². The number of nitro groups is 2. The second-order valence-corrected chi connectivity index (χ2v) is 6.96. The summed E-state index contributed by atoms with van der Waals surface area (Å²) in [6.07, 6.45) is -1.06. The van der Waals surface area contributed by atoms with Crippen molar-refractivity contribution >= 4 is 17.5 Å². The van der Waals surface area contributed by atoms with Crippen LogP contribution in [0.5, 0.6) is 0 Å². The largest absolute Gasteiger partial charge is 0.465 e. The molecule has 0 unspecified atom stereocenters. The summed E-state index contributed by atoms with van der Waals surface area (Å²) in [5.41, 5.74) is -0.560. The van der Waals surface area contributed by atoms with Gasteiger partial charge in [-0.1, -0.05) is 36.4 Å². The van der Waals surface area contributed by atoms with Crippen LogP contribution in [0.3, 0.4) is 0 Å². The molecular weight excluding hydrogens is 380 g/mol. The minimum atomic E-state index is -1.16. The molecule has 0 bridgehead atoms. The van der Waals surface area contributed by atoms with Crippen molar-refractivity contribution in [3.63, 3.8) is 0 Å². The number of hydrogen-bond acceptors (Lipinski definition) is 6. The van der Waals surface area contributed by atoms with Crippen molar-refractivity contribution in [2.45, 2.75) is 18.4 Å². The summed E-state index contributed by atoms with van der Waals surface area (Å²) in [4.78, 5) is 35.2. The smallest absolute Gasteiger partial charge is 0.407 e. The van der Waals surface area contributed by atoms with Crippen molar-refractivity contribution in [1.29, 1.82) is 0 Å². The average molecular weight is 400 g/mol.